The van der Waals surface area contributed by atoms with E-state index < -0.39 is 0 Å². The molecule has 0 saturated heterocycles. The molecule has 0 heterocycles. The van der Waals surface area contributed by atoms with Crippen molar-refractivity contribution in [3.8, 4) is 0 Å². The number of nitrogens with one attached hydrogen (secondary N) is 1. The van der Waals surface area contributed by atoms with Crippen molar-refractivity contribution >= 4 is 0 Å². The van der Waals surface area contributed by atoms with Crippen LogP contribution in [0.2, 0.25) is 0 Å². The third-order valence-corrected chi connectivity index (χ3v) is 4.02. The zero-order valence-electron chi connectivity index (χ0n) is 13.9. The summed E-state index contributed by atoms with van der Waals surface area (Å²) in [4.78, 5) is 0. The first-order chi connectivity index (χ1) is 8.88. The Morgan fingerprint density at radius 3 is 1.68 bits per heavy atom. The number of hydrogen-bond acceptors (Lipinski definition) is 1. The van der Waals surface area contributed by atoms with Gasteiger partial charge in [-0.2, -0.15) is 0 Å². The topological polar surface area (TPSA) is 12.0 Å². The van der Waals surface area contributed by atoms with Gasteiger partial charge in [0.2, 0.25) is 0 Å². The van der Waals surface area contributed by atoms with Gasteiger partial charge in [0.25, 0.3) is 0 Å². The predicted molar refractivity (Wildman–Crippen MR) is 85.8 cm³/mol. The minimum atomic E-state index is 0.232. The molecule has 108 valence electrons. The third-order valence-electron chi connectivity index (χ3n) is 4.02. The summed E-state index contributed by atoms with van der Waals surface area (Å²) in [6.45, 7) is 13.7. The average molecular weight is 261 g/mol. The molecule has 0 spiro atoms. The van der Waals surface area contributed by atoms with Gasteiger partial charge in [0, 0.05) is 6.04 Å². The first kappa shape index (κ1) is 16.2. The van der Waals surface area contributed by atoms with Crippen LogP contribution in [-0.4, -0.2) is 7.05 Å². The van der Waals surface area contributed by atoms with Crippen molar-refractivity contribution in [1.29, 1.82) is 0 Å². The van der Waals surface area contributed by atoms with Crippen molar-refractivity contribution in [3.05, 3.63) is 34.4 Å². The van der Waals surface area contributed by atoms with Gasteiger partial charge < -0.3 is 5.32 Å². The summed E-state index contributed by atoms with van der Waals surface area (Å²) in [5, 5.41) is 3.55. The normalized spacial score (nSPS) is 13.6. The molecule has 0 saturated carbocycles. The smallest absolute Gasteiger partial charge is 0.0372 e. The lowest BCUT2D eigenvalue weighted by atomic mass is 9.77. The fourth-order valence-corrected chi connectivity index (χ4v) is 3.02. The summed E-state index contributed by atoms with van der Waals surface area (Å²) < 4.78 is 0. The van der Waals surface area contributed by atoms with E-state index in [4.69, 9.17) is 0 Å². The second-order valence-corrected chi connectivity index (χ2v) is 6.48. The van der Waals surface area contributed by atoms with Gasteiger partial charge in [-0.05, 0) is 54.0 Å². The van der Waals surface area contributed by atoms with Crippen LogP contribution in [0.15, 0.2) is 12.1 Å². The molecule has 1 atom stereocenters. The van der Waals surface area contributed by atoms with E-state index in [0.29, 0.717) is 6.04 Å². The first-order valence-corrected chi connectivity index (χ1v) is 7.70. The molecule has 1 nitrogen and oxygen atoms in total. The first-order valence-electron chi connectivity index (χ1n) is 7.70. The molecule has 0 fully saturated rings. The van der Waals surface area contributed by atoms with E-state index in [-0.39, 0.29) is 5.41 Å². The van der Waals surface area contributed by atoms with E-state index in [9.17, 15) is 0 Å². The fraction of sp³-hybridized carbons (Fsp3) is 0.667. The molecule has 0 aliphatic carbocycles. The Morgan fingerprint density at radius 1 is 0.947 bits per heavy atom. The highest BCUT2D eigenvalue weighted by Crippen LogP contribution is 2.37. The van der Waals surface area contributed by atoms with E-state index in [1.807, 2.05) is 0 Å². The van der Waals surface area contributed by atoms with Gasteiger partial charge in [-0.3, -0.25) is 0 Å². The highest BCUT2D eigenvalue weighted by molar-refractivity contribution is 5.42. The molecule has 0 amide bonds. The van der Waals surface area contributed by atoms with E-state index in [2.05, 4.69) is 66.0 Å². The average Bonchev–Trinajstić information content (AvgIpc) is 2.37. The third kappa shape index (κ3) is 3.60. The maximum Gasteiger partial charge on any atom is 0.0372 e. The molecule has 0 bridgehead atoms. The minimum Gasteiger partial charge on any atom is -0.313 e. The Morgan fingerprint density at radius 2 is 1.42 bits per heavy atom. The number of aryl methyl sites for hydroxylation is 3. The van der Waals surface area contributed by atoms with Gasteiger partial charge in [0.05, 0.1) is 0 Å². The number of hydrogen-bond donors (Lipinski definition) is 1. The molecule has 0 radical (unpaired) electrons. The summed E-state index contributed by atoms with van der Waals surface area (Å²) in [5.41, 5.74) is 6.28. The minimum absolute atomic E-state index is 0.232. The Kier molecular flexibility index (Phi) is 5.61. The van der Waals surface area contributed by atoms with Gasteiger partial charge >= 0.3 is 0 Å². The SMILES string of the molecule is CCc1cc(CC)c(C(NC)C(C)(C)C)c(CC)c1. The molecule has 1 rings (SSSR count). The maximum atomic E-state index is 3.55. The maximum absolute atomic E-state index is 3.55. The molecule has 0 aliphatic rings. The van der Waals surface area contributed by atoms with Crippen molar-refractivity contribution in [1.82, 2.24) is 5.32 Å². The summed E-state index contributed by atoms with van der Waals surface area (Å²) in [6.07, 6.45) is 3.36. The van der Waals surface area contributed by atoms with Crippen LogP contribution in [0.5, 0.6) is 0 Å². The lowest BCUT2D eigenvalue weighted by Crippen LogP contribution is -2.31. The van der Waals surface area contributed by atoms with Crippen LogP contribution in [0.1, 0.15) is 69.8 Å². The molecule has 1 heteroatoms. The summed E-state index contributed by atoms with van der Waals surface area (Å²) in [6, 6.07) is 5.23. The second-order valence-electron chi connectivity index (χ2n) is 6.48. The van der Waals surface area contributed by atoms with Crippen LogP contribution in [0.25, 0.3) is 0 Å². The molecule has 1 unspecified atom stereocenters. The summed E-state index contributed by atoms with van der Waals surface area (Å²) >= 11 is 0. The molecule has 1 aromatic rings. The molecule has 0 aromatic heterocycles. The van der Waals surface area contributed by atoms with Gasteiger partial charge in [-0.25, -0.2) is 0 Å². The highest BCUT2D eigenvalue weighted by atomic mass is 14.9. The lowest BCUT2D eigenvalue weighted by Gasteiger charge is -2.34. The van der Waals surface area contributed by atoms with E-state index >= 15 is 0 Å². The molecule has 0 aliphatic heterocycles. The van der Waals surface area contributed by atoms with Gasteiger partial charge in [-0.15, -0.1) is 0 Å². The fourth-order valence-electron chi connectivity index (χ4n) is 3.02. The molecular weight excluding hydrogens is 230 g/mol. The summed E-state index contributed by atoms with van der Waals surface area (Å²) in [5.74, 6) is 0. The molecule has 1 N–H and O–H groups in total. The van der Waals surface area contributed by atoms with Crippen molar-refractivity contribution in [2.24, 2.45) is 5.41 Å². The van der Waals surface area contributed by atoms with Crippen LogP contribution in [0, 0.1) is 5.41 Å². The van der Waals surface area contributed by atoms with Gasteiger partial charge in [-0.1, -0.05) is 53.7 Å². The van der Waals surface area contributed by atoms with Crippen LogP contribution in [-0.2, 0) is 19.3 Å². The Hall–Kier alpha value is -0.820. The van der Waals surface area contributed by atoms with Gasteiger partial charge in [0.15, 0.2) is 0 Å². The highest BCUT2D eigenvalue weighted by Gasteiger charge is 2.28. The largest absolute Gasteiger partial charge is 0.313 e. The molecule has 19 heavy (non-hydrogen) atoms. The van der Waals surface area contributed by atoms with Crippen LogP contribution < -0.4 is 5.32 Å². The molecule has 1 aromatic carbocycles. The van der Waals surface area contributed by atoms with E-state index in [1.54, 1.807) is 0 Å². The number of rotatable bonds is 5. The quantitative estimate of drug-likeness (QED) is 0.811. The van der Waals surface area contributed by atoms with Crippen LogP contribution in [0.3, 0.4) is 0 Å². The van der Waals surface area contributed by atoms with Crippen LogP contribution >= 0.6 is 0 Å². The zero-order valence-corrected chi connectivity index (χ0v) is 13.9. The lowest BCUT2D eigenvalue weighted by molar-refractivity contribution is 0.284. The zero-order chi connectivity index (χ0) is 14.6. The van der Waals surface area contributed by atoms with Crippen molar-refractivity contribution in [2.45, 2.75) is 66.8 Å². The van der Waals surface area contributed by atoms with E-state index in [1.165, 1.54) is 22.3 Å². The van der Waals surface area contributed by atoms with Gasteiger partial charge in [0.1, 0.15) is 0 Å². The Bertz CT molecular complexity index is 387. The Labute approximate surface area is 119 Å². The predicted octanol–water partition coefficient (Wildman–Crippen LogP) is 4.68. The van der Waals surface area contributed by atoms with Crippen molar-refractivity contribution in [2.75, 3.05) is 7.05 Å². The monoisotopic (exact) mass is 261 g/mol. The van der Waals surface area contributed by atoms with Crippen LogP contribution in [0.4, 0.5) is 0 Å². The number of benzene rings is 1. The van der Waals surface area contributed by atoms with Crippen molar-refractivity contribution in [3.63, 3.8) is 0 Å². The second kappa shape index (κ2) is 6.56. The van der Waals surface area contributed by atoms with Crippen molar-refractivity contribution < 1.29 is 0 Å². The molecular formula is C18H31N. The standard InChI is InChI=1S/C18H31N/c1-8-13-11-14(9-2)16(15(10-3)12-13)17(19-7)18(4,5)6/h11-12,17,19H,8-10H2,1-7H3. The van der Waals surface area contributed by atoms with E-state index in [0.717, 1.165) is 19.3 Å². The Balaban J connectivity index is 3.46. The summed E-state index contributed by atoms with van der Waals surface area (Å²) in [7, 11) is 2.09.